The summed E-state index contributed by atoms with van der Waals surface area (Å²) in [6.07, 6.45) is 0. The molecule has 2 heterocycles. The Balaban J connectivity index is 1.94. The Labute approximate surface area is 95.5 Å². The van der Waals surface area contributed by atoms with E-state index in [1.54, 1.807) is 0 Å². The van der Waals surface area contributed by atoms with Gasteiger partial charge in [0.2, 0.25) is 0 Å². The average molecular weight is 225 g/mol. The van der Waals surface area contributed by atoms with Gasteiger partial charge in [-0.1, -0.05) is 5.16 Å². The fraction of sp³-hybridized carbons (Fsp3) is 0.727. The van der Waals surface area contributed by atoms with Gasteiger partial charge < -0.3 is 15.0 Å². The first kappa shape index (κ1) is 11.6. The van der Waals surface area contributed by atoms with Crippen molar-refractivity contribution in [3.05, 3.63) is 17.5 Å². The minimum absolute atomic E-state index is 0.0744. The smallest absolute Gasteiger partial charge is 0.151 e. The van der Waals surface area contributed by atoms with Gasteiger partial charge in [-0.3, -0.25) is 4.90 Å². The first-order chi connectivity index (χ1) is 7.59. The van der Waals surface area contributed by atoms with Crippen molar-refractivity contribution in [3.63, 3.8) is 0 Å². The summed E-state index contributed by atoms with van der Waals surface area (Å²) in [5.74, 6) is 0.873. The van der Waals surface area contributed by atoms with Crippen LogP contribution in [0.4, 0.5) is 0 Å². The second-order valence-corrected chi connectivity index (χ2v) is 4.81. The van der Waals surface area contributed by atoms with Crippen LogP contribution in [0.2, 0.25) is 0 Å². The maximum atomic E-state index is 5.65. The molecule has 5 heteroatoms. The predicted molar refractivity (Wildman–Crippen MR) is 59.7 cm³/mol. The summed E-state index contributed by atoms with van der Waals surface area (Å²) in [6.45, 7) is 8.02. The molecule has 0 atom stereocenters. The van der Waals surface area contributed by atoms with Gasteiger partial charge in [0.15, 0.2) is 5.76 Å². The zero-order valence-corrected chi connectivity index (χ0v) is 9.90. The van der Waals surface area contributed by atoms with Crippen LogP contribution in [0.1, 0.15) is 25.3 Å². The number of ether oxygens (including phenoxy) is 1. The molecule has 1 saturated heterocycles. The van der Waals surface area contributed by atoms with E-state index in [1.807, 2.05) is 6.07 Å². The minimum Gasteiger partial charge on any atom is -0.373 e. The quantitative estimate of drug-likeness (QED) is 0.822. The van der Waals surface area contributed by atoms with E-state index in [-0.39, 0.29) is 5.60 Å². The molecule has 16 heavy (non-hydrogen) atoms. The van der Waals surface area contributed by atoms with Gasteiger partial charge in [-0.2, -0.15) is 0 Å². The van der Waals surface area contributed by atoms with E-state index in [4.69, 9.17) is 15.0 Å². The molecule has 1 fully saturated rings. The topological polar surface area (TPSA) is 64.5 Å². The molecule has 2 rings (SSSR count). The van der Waals surface area contributed by atoms with Crippen molar-refractivity contribution < 1.29 is 9.26 Å². The van der Waals surface area contributed by atoms with E-state index in [0.717, 1.165) is 37.7 Å². The summed E-state index contributed by atoms with van der Waals surface area (Å²) in [6, 6.07) is 1.92. The molecule has 5 nitrogen and oxygen atoms in total. The van der Waals surface area contributed by atoms with Crippen LogP contribution < -0.4 is 5.73 Å². The van der Waals surface area contributed by atoms with Crippen LogP contribution in [0.15, 0.2) is 10.6 Å². The lowest BCUT2D eigenvalue weighted by Crippen LogP contribution is -2.47. The van der Waals surface area contributed by atoms with Gasteiger partial charge in [0.05, 0.1) is 24.4 Å². The standard InChI is InChI=1S/C11H19N3O2/c1-11(2)8-14(3-4-15-11)7-10-5-9(6-12)13-16-10/h5H,3-4,6-8,12H2,1-2H3. The molecule has 1 aliphatic heterocycles. The van der Waals surface area contributed by atoms with Gasteiger partial charge in [0.25, 0.3) is 0 Å². The van der Waals surface area contributed by atoms with Gasteiger partial charge in [-0.15, -0.1) is 0 Å². The van der Waals surface area contributed by atoms with E-state index in [2.05, 4.69) is 23.9 Å². The Hall–Kier alpha value is -0.910. The third-order valence-electron chi connectivity index (χ3n) is 2.70. The normalized spacial score (nSPS) is 21.2. The van der Waals surface area contributed by atoms with E-state index in [0.29, 0.717) is 6.54 Å². The van der Waals surface area contributed by atoms with Crippen LogP contribution >= 0.6 is 0 Å². The summed E-state index contributed by atoms with van der Waals surface area (Å²) < 4.78 is 10.9. The lowest BCUT2D eigenvalue weighted by atomic mass is 10.1. The molecule has 0 amide bonds. The van der Waals surface area contributed by atoms with Crippen molar-refractivity contribution in [2.24, 2.45) is 5.73 Å². The first-order valence-electron chi connectivity index (χ1n) is 5.60. The highest BCUT2D eigenvalue weighted by molar-refractivity contribution is 5.05. The van der Waals surface area contributed by atoms with Crippen LogP contribution in [0, 0.1) is 0 Å². The van der Waals surface area contributed by atoms with Crippen LogP contribution in [0.3, 0.4) is 0 Å². The number of hydrogen-bond donors (Lipinski definition) is 1. The molecule has 1 aliphatic rings. The van der Waals surface area contributed by atoms with Gasteiger partial charge in [0, 0.05) is 25.7 Å². The molecular weight excluding hydrogens is 206 g/mol. The van der Waals surface area contributed by atoms with E-state index in [9.17, 15) is 0 Å². The monoisotopic (exact) mass is 225 g/mol. The number of rotatable bonds is 3. The lowest BCUT2D eigenvalue weighted by molar-refractivity contribution is -0.0896. The third-order valence-corrected chi connectivity index (χ3v) is 2.70. The summed E-state index contributed by atoms with van der Waals surface area (Å²) >= 11 is 0. The lowest BCUT2D eigenvalue weighted by Gasteiger charge is -2.37. The Bertz CT molecular complexity index is 349. The molecule has 90 valence electrons. The first-order valence-corrected chi connectivity index (χ1v) is 5.60. The molecule has 0 spiro atoms. The molecule has 2 N–H and O–H groups in total. The molecule has 0 aliphatic carbocycles. The molecule has 0 unspecified atom stereocenters. The van der Waals surface area contributed by atoms with Crippen molar-refractivity contribution in [2.75, 3.05) is 19.7 Å². The second-order valence-electron chi connectivity index (χ2n) is 4.81. The fourth-order valence-electron chi connectivity index (χ4n) is 2.00. The fourth-order valence-corrected chi connectivity index (χ4v) is 2.00. The van der Waals surface area contributed by atoms with Gasteiger partial charge in [-0.25, -0.2) is 0 Å². The maximum Gasteiger partial charge on any atom is 0.151 e. The van der Waals surface area contributed by atoms with Crippen LogP contribution in [-0.2, 0) is 17.8 Å². The highest BCUT2D eigenvalue weighted by Gasteiger charge is 2.27. The number of nitrogens with zero attached hydrogens (tertiary/aromatic N) is 2. The Morgan fingerprint density at radius 3 is 3.00 bits per heavy atom. The Kier molecular flexibility index (Phi) is 3.28. The largest absolute Gasteiger partial charge is 0.373 e. The zero-order valence-electron chi connectivity index (χ0n) is 9.90. The molecule has 0 saturated carbocycles. The number of hydrogen-bond acceptors (Lipinski definition) is 5. The van der Waals surface area contributed by atoms with Crippen molar-refractivity contribution in [2.45, 2.75) is 32.5 Å². The maximum absolute atomic E-state index is 5.65. The highest BCUT2D eigenvalue weighted by atomic mass is 16.5. The van der Waals surface area contributed by atoms with E-state index >= 15 is 0 Å². The van der Waals surface area contributed by atoms with Gasteiger partial charge in [0.1, 0.15) is 0 Å². The summed E-state index contributed by atoms with van der Waals surface area (Å²) in [7, 11) is 0. The molecular formula is C11H19N3O2. The minimum atomic E-state index is -0.0744. The summed E-state index contributed by atoms with van der Waals surface area (Å²) in [4.78, 5) is 2.31. The van der Waals surface area contributed by atoms with Crippen molar-refractivity contribution >= 4 is 0 Å². The summed E-state index contributed by atoms with van der Waals surface area (Å²) in [5, 5.41) is 3.88. The molecule has 1 aromatic heterocycles. The Morgan fingerprint density at radius 1 is 1.56 bits per heavy atom. The van der Waals surface area contributed by atoms with Crippen molar-refractivity contribution in [1.29, 1.82) is 0 Å². The van der Waals surface area contributed by atoms with Crippen molar-refractivity contribution in [3.8, 4) is 0 Å². The van der Waals surface area contributed by atoms with E-state index < -0.39 is 0 Å². The Morgan fingerprint density at radius 2 is 2.38 bits per heavy atom. The zero-order chi connectivity index (χ0) is 11.6. The number of aromatic nitrogens is 1. The second kappa shape index (κ2) is 4.53. The highest BCUT2D eigenvalue weighted by Crippen LogP contribution is 2.18. The van der Waals surface area contributed by atoms with Crippen LogP contribution in [0.5, 0.6) is 0 Å². The van der Waals surface area contributed by atoms with Crippen LogP contribution in [0.25, 0.3) is 0 Å². The van der Waals surface area contributed by atoms with Crippen molar-refractivity contribution in [1.82, 2.24) is 10.1 Å². The third kappa shape index (κ3) is 2.81. The number of nitrogens with two attached hydrogens (primary N) is 1. The van der Waals surface area contributed by atoms with Gasteiger partial charge in [-0.05, 0) is 13.8 Å². The molecule has 1 aromatic rings. The molecule has 0 aromatic carbocycles. The SMILES string of the molecule is CC1(C)CN(Cc2cc(CN)no2)CCO1. The van der Waals surface area contributed by atoms with E-state index in [1.165, 1.54) is 0 Å². The van der Waals surface area contributed by atoms with Gasteiger partial charge >= 0.3 is 0 Å². The number of morpholine rings is 1. The predicted octanol–water partition coefficient (Wildman–Crippen LogP) is 0.744. The molecule has 0 radical (unpaired) electrons. The summed E-state index contributed by atoms with van der Waals surface area (Å²) in [5.41, 5.74) is 6.22. The van der Waals surface area contributed by atoms with Crippen LogP contribution in [-0.4, -0.2) is 35.4 Å². The average Bonchev–Trinajstić information content (AvgIpc) is 2.64. The molecule has 0 bridgehead atoms.